The van der Waals surface area contributed by atoms with Gasteiger partial charge in [-0.1, -0.05) is 6.92 Å². The van der Waals surface area contributed by atoms with Crippen molar-refractivity contribution in [3.05, 3.63) is 23.4 Å². The Hall–Kier alpha value is -1.13. The average molecular weight is 250 g/mol. The second kappa shape index (κ2) is 6.16. The van der Waals surface area contributed by atoms with Crippen molar-refractivity contribution < 1.29 is 9.84 Å². The number of aliphatic hydroxyl groups excluding tert-OH is 1. The summed E-state index contributed by atoms with van der Waals surface area (Å²) < 4.78 is 5.39. The highest BCUT2D eigenvalue weighted by molar-refractivity contribution is 5.43. The van der Waals surface area contributed by atoms with Crippen LogP contribution in [0.2, 0.25) is 0 Å². The third kappa shape index (κ3) is 3.00. The molecule has 100 valence electrons. The van der Waals surface area contributed by atoms with Crippen molar-refractivity contribution in [1.29, 1.82) is 0 Å². The van der Waals surface area contributed by atoms with Gasteiger partial charge in [-0.3, -0.25) is 0 Å². The van der Waals surface area contributed by atoms with Crippen LogP contribution in [0.5, 0.6) is 0 Å². The summed E-state index contributed by atoms with van der Waals surface area (Å²) in [5, 5.41) is 9.31. The second-order valence-electron chi connectivity index (χ2n) is 4.79. The summed E-state index contributed by atoms with van der Waals surface area (Å²) in [6.07, 6.45) is 2.98. The molecule has 0 amide bonds. The molecule has 1 aliphatic heterocycles. The molecule has 2 heterocycles. The highest BCUT2D eigenvalue weighted by Crippen LogP contribution is 2.21. The maximum Gasteiger partial charge on any atom is 0.129 e. The highest BCUT2D eigenvalue weighted by Gasteiger charge is 2.20. The molecule has 18 heavy (non-hydrogen) atoms. The Morgan fingerprint density at radius 2 is 2.11 bits per heavy atom. The molecule has 1 fully saturated rings. The number of hydrogen-bond acceptors (Lipinski definition) is 4. The van der Waals surface area contributed by atoms with Gasteiger partial charge in [0.05, 0.1) is 6.61 Å². The van der Waals surface area contributed by atoms with Gasteiger partial charge in [-0.25, -0.2) is 4.98 Å². The van der Waals surface area contributed by atoms with Crippen LogP contribution in [0.25, 0.3) is 0 Å². The first-order valence-corrected chi connectivity index (χ1v) is 6.66. The minimum absolute atomic E-state index is 0.0735. The van der Waals surface area contributed by atoms with E-state index in [0.29, 0.717) is 6.04 Å². The Morgan fingerprint density at radius 1 is 1.39 bits per heavy atom. The fourth-order valence-electron chi connectivity index (χ4n) is 2.35. The molecular formula is C14H22N2O2. The van der Waals surface area contributed by atoms with E-state index in [9.17, 15) is 5.11 Å². The summed E-state index contributed by atoms with van der Waals surface area (Å²) in [4.78, 5) is 6.87. The van der Waals surface area contributed by atoms with Gasteiger partial charge >= 0.3 is 0 Å². The van der Waals surface area contributed by atoms with E-state index >= 15 is 0 Å². The molecule has 1 saturated heterocycles. The van der Waals surface area contributed by atoms with Crippen molar-refractivity contribution in [2.24, 2.45) is 0 Å². The quantitative estimate of drug-likeness (QED) is 0.884. The van der Waals surface area contributed by atoms with E-state index in [0.717, 1.165) is 49.6 Å². The average Bonchev–Trinajstić information content (AvgIpc) is 2.46. The van der Waals surface area contributed by atoms with Crippen molar-refractivity contribution in [2.75, 3.05) is 25.2 Å². The molecule has 1 aromatic rings. The SMILES string of the molecule is CCc1cc(CO)cc(N(C)C2CCOCC2)n1. The first-order valence-electron chi connectivity index (χ1n) is 6.66. The van der Waals surface area contributed by atoms with E-state index in [1.807, 2.05) is 12.1 Å². The zero-order chi connectivity index (χ0) is 13.0. The summed E-state index contributed by atoms with van der Waals surface area (Å²) in [6, 6.07) is 4.44. The number of pyridine rings is 1. The van der Waals surface area contributed by atoms with Crippen LogP contribution in [-0.2, 0) is 17.8 Å². The fraction of sp³-hybridized carbons (Fsp3) is 0.643. The number of ether oxygens (including phenoxy) is 1. The minimum atomic E-state index is 0.0735. The molecule has 4 nitrogen and oxygen atoms in total. The molecule has 0 spiro atoms. The van der Waals surface area contributed by atoms with Crippen molar-refractivity contribution in [1.82, 2.24) is 4.98 Å². The lowest BCUT2D eigenvalue weighted by Gasteiger charge is -2.32. The van der Waals surface area contributed by atoms with E-state index in [2.05, 4.69) is 23.9 Å². The molecule has 4 heteroatoms. The standard InChI is InChI=1S/C14H22N2O2/c1-3-12-8-11(10-17)9-14(15-12)16(2)13-4-6-18-7-5-13/h8-9,13,17H,3-7,10H2,1-2H3. The predicted octanol–water partition coefficient (Wildman–Crippen LogP) is 1.75. The lowest BCUT2D eigenvalue weighted by molar-refractivity contribution is 0.0853. The van der Waals surface area contributed by atoms with Gasteiger partial charge in [0.25, 0.3) is 0 Å². The molecular weight excluding hydrogens is 228 g/mol. The molecule has 0 atom stereocenters. The summed E-state index contributed by atoms with van der Waals surface area (Å²) in [7, 11) is 2.08. The molecule has 1 aromatic heterocycles. The number of rotatable bonds is 4. The topological polar surface area (TPSA) is 45.6 Å². The number of aliphatic hydroxyl groups is 1. The van der Waals surface area contributed by atoms with Gasteiger partial charge in [0.2, 0.25) is 0 Å². The lowest BCUT2D eigenvalue weighted by Crippen LogP contribution is -2.37. The van der Waals surface area contributed by atoms with E-state index in [4.69, 9.17) is 4.74 Å². The Morgan fingerprint density at radius 3 is 2.72 bits per heavy atom. The van der Waals surface area contributed by atoms with E-state index < -0.39 is 0 Å². The summed E-state index contributed by atoms with van der Waals surface area (Å²) in [5.74, 6) is 0.963. The zero-order valence-corrected chi connectivity index (χ0v) is 11.2. The largest absolute Gasteiger partial charge is 0.392 e. The Bertz CT molecular complexity index is 367. The number of aromatic nitrogens is 1. The molecule has 0 saturated carbocycles. The van der Waals surface area contributed by atoms with E-state index in [-0.39, 0.29) is 6.61 Å². The molecule has 0 aromatic carbocycles. The minimum Gasteiger partial charge on any atom is -0.392 e. The zero-order valence-electron chi connectivity index (χ0n) is 11.2. The van der Waals surface area contributed by atoms with Crippen LogP contribution in [-0.4, -0.2) is 36.4 Å². The van der Waals surface area contributed by atoms with Gasteiger partial charge in [0.1, 0.15) is 5.82 Å². The van der Waals surface area contributed by atoms with Crippen LogP contribution in [0.1, 0.15) is 31.0 Å². The van der Waals surface area contributed by atoms with Crippen molar-refractivity contribution in [2.45, 2.75) is 38.8 Å². The Balaban J connectivity index is 2.19. The van der Waals surface area contributed by atoms with Crippen LogP contribution in [0.3, 0.4) is 0 Å². The second-order valence-corrected chi connectivity index (χ2v) is 4.79. The molecule has 0 radical (unpaired) electrons. The third-order valence-electron chi connectivity index (χ3n) is 3.57. The van der Waals surface area contributed by atoms with Crippen LogP contribution >= 0.6 is 0 Å². The lowest BCUT2D eigenvalue weighted by atomic mass is 10.1. The number of hydrogen-bond donors (Lipinski definition) is 1. The molecule has 1 N–H and O–H groups in total. The third-order valence-corrected chi connectivity index (χ3v) is 3.57. The van der Waals surface area contributed by atoms with Gasteiger partial charge in [-0.05, 0) is 37.0 Å². The summed E-state index contributed by atoms with van der Waals surface area (Å²) >= 11 is 0. The van der Waals surface area contributed by atoms with Crippen LogP contribution in [0.4, 0.5) is 5.82 Å². The normalized spacial score (nSPS) is 16.8. The van der Waals surface area contributed by atoms with E-state index in [1.54, 1.807) is 0 Å². The maximum absolute atomic E-state index is 9.31. The van der Waals surface area contributed by atoms with Crippen molar-refractivity contribution >= 4 is 5.82 Å². The van der Waals surface area contributed by atoms with Gasteiger partial charge in [-0.2, -0.15) is 0 Å². The van der Waals surface area contributed by atoms with Gasteiger partial charge in [-0.15, -0.1) is 0 Å². The van der Waals surface area contributed by atoms with Crippen molar-refractivity contribution in [3.63, 3.8) is 0 Å². The maximum atomic E-state index is 9.31. The number of aryl methyl sites for hydroxylation is 1. The Kier molecular flexibility index (Phi) is 4.55. The monoisotopic (exact) mass is 250 g/mol. The van der Waals surface area contributed by atoms with Crippen LogP contribution in [0, 0.1) is 0 Å². The first-order chi connectivity index (χ1) is 8.74. The van der Waals surface area contributed by atoms with Crippen LogP contribution < -0.4 is 4.90 Å². The van der Waals surface area contributed by atoms with Crippen molar-refractivity contribution in [3.8, 4) is 0 Å². The van der Waals surface area contributed by atoms with Crippen LogP contribution in [0.15, 0.2) is 12.1 Å². The summed E-state index contributed by atoms with van der Waals surface area (Å²) in [6.45, 7) is 3.82. The molecule has 0 aliphatic carbocycles. The smallest absolute Gasteiger partial charge is 0.129 e. The molecule has 0 unspecified atom stereocenters. The first kappa shape index (κ1) is 13.3. The molecule has 2 rings (SSSR count). The fourth-order valence-corrected chi connectivity index (χ4v) is 2.35. The summed E-state index contributed by atoms with van der Waals surface area (Å²) in [5.41, 5.74) is 1.98. The van der Waals surface area contributed by atoms with Gasteiger partial charge < -0.3 is 14.7 Å². The van der Waals surface area contributed by atoms with Gasteiger partial charge in [0, 0.05) is 32.0 Å². The number of nitrogens with zero attached hydrogens (tertiary/aromatic N) is 2. The molecule has 1 aliphatic rings. The van der Waals surface area contributed by atoms with Gasteiger partial charge in [0.15, 0.2) is 0 Å². The van der Waals surface area contributed by atoms with E-state index in [1.165, 1.54) is 0 Å². The highest BCUT2D eigenvalue weighted by atomic mass is 16.5. The Labute approximate surface area is 109 Å². The molecule has 0 bridgehead atoms. The predicted molar refractivity (Wildman–Crippen MR) is 71.8 cm³/mol. The number of anilines is 1.